The highest BCUT2D eigenvalue weighted by Crippen LogP contribution is 2.41. The summed E-state index contributed by atoms with van der Waals surface area (Å²) >= 11 is 4.96. The minimum Gasteiger partial charge on any atom is -0.504 e. The lowest BCUT2D eigenvalue weighted by Gasteiger charge is -2.11. The molecule has 1 aliphatic rings. The highest BCUT2D eigenvalue weighted by molar-refractivity contribution is 9.10. The summed E-state index contributed by atoms with van der Waals surface area (Å²) in [6, 6.07) is 3.48. The number of fused-ring (bicyclic) bond motifs is 1. The highest BCUT2D eigenvalue weighted by Gasteiger charge is 2.26. The van der Waals surface area contributed by atoms with Gasteiger partial charge in [-0.05, 0) is 57.2 Å². The molecule has 3 rings (SSSR count). The van der Waals surface area contributed by atoms with E-state index >= 15 is 0 Å². The molecule has 5 nitrogen and oxygen atoms in total. The zero-order valence-corrected chi connectivity index (χ0v) is 17.8. The molecule has 0 radical (unpaired) electrons. The topological polar surface area (TPSA) is 68.1 Å². The van der Waals surface area contributed by atoms with Gasteiger partial charge in [0.2, 0.25) is 0 Å². The van der Waals surface area contributed by atoms with Crippen LogP contribution in [0.15, 0.2) is 21.6 Å². The second kappa shape index (κ2) is 8.89. The Morgan fingerprint density at radius 2 is 2.07 bits per heavy atom. The van der Waals surface area contributed by atoms with E-state index in [-0.39, 0.29) is 11.7 Å². The number of hydrogen-bond acceptors (Lipinski definition) is 6. The smallest absolute Gasteiger partial charge is 0.341 e. The number of aromatic hydroxyl groups is 1. The van der Waals surface area contributed by atoms with E-state index in [1.54, 1.807) is 25.3 Å². The molecular weight excluding hydrogens is 430 g/mol. The van der Waals surface area contributed by atoms with Crippen LogP contribution in [-0.4, -0.2) is 30.5 Å². The number of phenolic OH excluding ortho intramolecular Hbond substituents is 1. The summed E-state index contributed by atoms with van der Waals surface area (Å²) in [6.07, 6.45) is 5.62. The molecule has 2 aromatic rings. The first-order chi connectivity index (χ1) is 13.0. The third-order valence-corrected chi connectivity index (χ3v) is 5.98. The first-order valence-electron chi connectivity index (χ1n) is 9.06. The van der Waals surface area contributed by atoms with E-state index in [9.17, 15) is 9.90 Å². The van der Waals surface area contributed by atoms with Gasteiger partial charge in [0, 0.05) is 21.1 Å². The summed E-state index contributed by atoms with van der Waals surface area (Å²) < 4.78 is 11.5. The Labute approximate surface area is 171 Å². The second-order valence-corrected chi connectivity index (χ2v) is 8.14. The third-order valence-electron chi connectivity index (χ3n) is 4.32. The summed E-state index contributed by atoms with van der Waals surface area (Å²) in [5, 5.41) is 11.1. The van der Waals surface area contributed by atoms with Crippen LogP contribution in [0.3, 0.4) is 0 Å². The number of phenols is 1. The number of benzene rings is 1. The van der Waals surface area contributed by atoms with Crippen LogP contribution in [0.5, 0.6) is 11.5 Å². The van der Waals surface area contributed by atoms with E-state index in [1.165, 1.54) is 16.2 Å². The molecule has 0 atom stereocenters. The number of rotatable bonds is 6. The van der Waals surface area contributed by atoms with Crippen LogP contribution < -0.4 is 4.74 Å². The van der Waals surface area contributed by atoms with Crippen molar-refractivity contribution in [1.82, 2.24) is 0 Å². The molecule has 0 unspecified atom stereocenters. The van der Waals surface area contributed by atoms with Crippen LogP contribution in [0, 0.1) is 0 Å². The summed E-state index contributed by atoms with van der Waals surface area (Å²) in [4.78, 5) is 18.3. The summed E-state index contributed by atoms with van der Waals surface area (Å²) in [6.45, 7) is 4.44. The number of aliphatic imine (C=N–C) groups is 1. The summed E-state index contributed by atoms with van der Waals surface area (Å²) in [7, 11) is 0. The fraction of sp³-hybridized carbons (Fsp3) is 0.400. The lowest BCUT2D eigenvalue weighted by molar-refractivity contribution is 0.0526. The van der Waals surface area contributed by atoms with E-state index < -0.39 is 0 Å². The number of aryl methyl sites for hydroxylation is 1. The van der Waals surface area contributed by atoms with Crippen molar-refractivity contribution in [3.8, 4) is 11.5 Å². The molecule has 27 heavy (non-hydrogen) atoms. The first kappa shape index (κ1) is 19.9. The second-order valence-electron chi connectivity index (χ2n) is 6.14. The van der Waals surface area contributed by atoms with Crippen LogP contribution in [0.25, 0.3) is 0 Å². The maximum atomic E-state index is 12.5. The molecule has 1 N–H and O–H groups in total. The maximum Gasteiger partial charge on any atom is 0.341 e. The molecule has 1 aromatic carbocycles. The van der Waals surface area contributed by atoms with Gasteiger partial charge in [-0.2, -0.15) is 0 Å². The lowest BCUT2D eigenvalue weighted by atomic mass is 9.95. The first-order valence-corrected chi connectivity index (χ1v) is 10.7. The van der Waals surface area contributed by atoms with Gasteiger partial charge in [-0.3, -0.25) is 0 Å². The van der Waals surface area contributed by atoms with E-state index in [0.717, 1.165) is 35.7 Å². The average Bonchev–Trinajstić information content (AvgIpc) is 3.02. The predicted molar refractivity (Wildman–Crippen MR) is 111 cm³/mol. The van der Waals surface area contributed by atoms with Crippen molar-refractivity contribution in [3.63, 3.8) is 0 Å². The third kappa shape index (κ3) is 4.35. The van der Waals surface area contributed by atoms with Gasteiger partial charge in [0.05, 0.1) is 18.8 Å². The zero-order valence-electron chi connectivity index (χ0n) is 15.4. The van der Waals surface area contributed by atoms with Crippen molar-refractivity contribution in [2.24, 2.45) is 4.99 Å². The van der Waals surface area contributed by atoms with Crippen molar-refractivity contribution < 1.29 is 19.4 Å². The maximum absolute atomic E-state index is 12.5. The molecule has 1 aliphatic carbocycles. The molecule has 0 saturated carbocycles. The summed E-state index contributed by atoms with van der Waals surface area (Å²) in [5.74, 6) is 0.102. The van der Waals surface area contributed by atoms with Crippen LogP contribution in [0.4, 0.5) is 5.00 Å². The molecule has 1 heterocycles. The Balaban J connectivity index is 2.00. The molecular formula is C20H22BrNO4S. The van der Waals surface area contributed by atoms with E-state index in [4.69, 9.17) is 9.47 Å². The predicted octanol–water partition coefficient (Wildman–Crippen LogP) is 5.42. The van der Waals surface area contributed by atoms with Crippen LogP contribution in [0.2, 0.25) is 0 Å². The van der Waals surface area contributed by atoms with Crippen molar-refractivity contribution in [2.45, 2.75) is 39.5 Å². The fourth-order valence-corrected chi connectivity index (χ4v) is 4.82. The van der Waals surface area contributed by atoms with Crippen molar-refractivity contribution in [1.29, 1.82) is 0 Å². The molecule has 7 heteroatoms. The Morgan fingerprint density at radius 1 is 1.30 bits per heavy atom. The zero-order chi connectivity index (χ0) is 19.4. The summed E-state index contributed by atoms with van der Waals surface area (Å²) in [5.41, 5.74) is 2.17. The normalized spacial score (nSPS) is 13.6. The number of ether oxygens (including phenoxy) is 2. The standard InChI is InChI=1S/C20H22BrNO4S/c1-3-25-15-10-13(21)9-12(18(15)23)11-22-19-17(20(24)26-4-2)14-7-5-6-8-16(14)27-19/h9-11,23H,3-8H2,1-2H3. The monoisotopic (exact) mass is 451 g/mol. The Morgan fingerprint density at radius 3 is 2.81 bits per heavy atom. The van der Waals surface area contributed by atoms with E-state index in [2.05, 4.69) is 20.9 Å². The van der Waals surface area contributed by atoms with Gasteiger partial charge < -0.3 is 14.6 Å². The largest absolute Gasteiger partial charge is 0.504 e. The van der Waals surface area contributed by atoms with Gasteiger partial charge in [0.15, 0.2) is 11.5 Å². The lowest BCUT2D eigenvalue weighted by Crippen LogP contribution is -2.09. The molecule has 144 valence electrons. The quantitative estimate of drug-likeness (QED) is 0.470. The molecule has 0 saturated heterocycles. The molecule has 0 bridgehead atoms. The van der Waals surface area contributed by atoms with Crippen molar-refractivity contribution in [2.75, 3.05) is 13.2 Å². The number of esters is 1. The molecule has 0 fully saturated rings. The Hall–Kier alpha value is -1.86. The van der Waals surface area contributed by atoms with Gasteiger partial charge in [-0.1, -0.05) is 15.9 Å². The van der Waals surface area contributed by atoms with Crippen molar-refractivity contribution >= 4 is 44.5 Å². The van der Waals surface area contributed by atoms with Crippen molar-refractivity contribution in [3.05, 3.63) is 38.2 Å². The highest BCUT2D eigenvalue weighted by atomic mass is 79.9. The fourth-order valence-electron chi connectivity index (χ4n) is 3.14. The number of carbonyl (C=O) groups is 1. The molecule has 0 amide bonds. The number of carbonyl (C=O) groups excluding carboxylic acids is 1. The Bertz CT molecular complexity index is 875. The number of thiophene rings is 1. The van der Waals surface area contributed by atoms with E-state index in [1.807, 2.05) is 6.92 Å². The van der Waals surface area contributed by atoms with Gasteiger partial charge in [0.1, 0.15) is 5.00 Å². The van der Waals surface area contributed by atoms with Crippen LogP contribution in [0.1, 0.15) is 53.1 Å². The minimum atomic E-state index is -0.322. The van der Waals surface area contributed by atoms with Gasteiger partial charge >= 0.3 is 5.97 Å². The Kier molecular flexibility index (Phi) is 6.55. The van der Waals surface area contributed by atoms with Gasteiger partial charge in [-0.15, -0.1) is 11.3 Å². The number of halogens is 1. The van der Waals surface area contributed by atoms with Crippen LogP contribution >= 0.6 is 27.3 Å². The SMILES string of the molecule is CCOC(=O)c1c(N=Cc2cc(Br)cc(OCC)c2O)sc2c1CCCC2. The van der Waals surface area contributed by atoms with Gasteiger partial charge in [0.25, 0.3) is 0 Å². The number of nitrogens with zero attached hydrogens (tertiary/aromatic N) is 1. The molecule has 0 aliphatic heterocycles. The van der Waals surface area contributed by atoms with E-state index in [0.29, 0.717) is 35.1 Å². The molecule has 1 aromatic heterocycles. The minimum absolute atomic E-state index is 0.0304. The number of hydrogen-bond donors (Lipinski definition) is 1. The van der Waals surface area contributed by atoms with Gasteiger partial charge in [-0.25, -0.2) is 9.79 Å². The molecule has 0 spiro atoms. The average molecular weight is 452 g/mol. The van der Waals surface area contributed by atoms with Crippen LogP contribution in [-0.2, 0) is 17.6 Å².